The normalized spacial score (nSPS) is 24.8. The van der Waals surface area contributed by atoms with E-state index in [0.717, 1.165) is 18.5 Å². The van der Waals surface area contributed by atoms with E-state index in [9.17, 15) is 9.59 Å². The van der Waals surface area contributed by atoms with Crippen LogP contribution in [0, 0.1) is 12.3 Å². The van der Waals surface area contributed by atoms with Gasteiger partial charge in [0.2, 0.25) is 5.91 Å². The molecule has 1 spiro atoms. The molecule has 3 heterocycles. The first kappa shape index (κ1) is 16.8. The first-order valence-corrected chi connectivity index (χ1v) is 8.40. The third-order valence-electron chi connectivity index (χ3n) is 4.83. The molecular weight excluding hydrogens is 308 g/mol. The summed E-state index contributed by atoms with van der Waals surface area (Å²) in [5.41, 5.74) is 0.973. The number of likely N-dealkylation sites (tertiary alicyclic amines) is 1. The molecule has 0 bridgehead atoms. The lowest BCUT2D eigenvalue weighted by Crippen LogP contribution is -2.52. The molecule has 3 rings (SSSR count). The highest BCUT2D eigenvalue weighted by molar-refractivity contribution is 5.92. The molecule has 2 saturated heterocycles. The Balaban J connectivity index is 1.76. The standard InChI is InChI=1S/C17H24N4O3/c1-13-8-19-15(9-18-13)16(23)21-5-3-4-17(11-21)10-20(14(2)22)6-7-24-12-17/h8-9H,3-7,10-12H2,1-2H3/t17-/m0/s1. The van der Waals surface area contributed by atoms with Crippen LogP contribution in [0.2, 0.25) is 0 Å². The van der Waals surface area contributed by atoms with Gasteiger partial charge in [-0.15, -0.1) is 0 Å². The Labute approximate surface area is 142 Å². The lowest BCUT2D eigenvalue weighted by atomic mass is 9.80. The summed E-state index contributed by atoms with van der Waals surface area (Å²) in [7, 11) is 0. The number of rotatable bonds is 1. The number of aryl methyl sites for hydroxylation is 1. The Bertz CT molecular complexity index is 619. The van der Waals surface area contributed by atoms with Crippen LogP contribution in [0.5, 0.6) is 0 Å². The van der Waals surface area contributed by atoms with Gasteiger partial charge in [-0.05, 0) is 19.8 Å². The van der Waals surface area contributed by atoms with Crippen LogP contribution in [-0.4, -0.2) is 71.0 Å². The molecule has 24 heavy (non-hydrogen) atoms. The lowest BCUT2D eigenvalue weighted by molar-refractivity contribution is -0.130. The largest absolute Gasteiger partial charge is 0.379 e. The van der Waals surface area contributed by atoms with Crippen molar-refractivity contribution in [1.82, 2.24) is 19.8 Å². The minimum absolute atomic E-state index is 0.0627. The summed E-state index contributed by atoms with van der Waals surface area (Å²) in [5, 5.41) is 0. The van der Waals surface area contributed by atoms with Gasteiger partial charge in [-0.1, -0.05) is 0 Å². The van der Waals surface area contributed by atoms with Crippen LogP contribution < -0.4 is 0 Å². The lowest BCUT2D eigenvalue weighted by Gasteiger charge is -2.43. The number of carbonyl (C=O) groups excluding carboxylic acids is 2. The number of piperidine rings is 1. The molecular formula is C17H24N4O3. The number of carbonyl (C=O) groups is 2. The van der Waals surface area contributed by atoms with Gasteiger partial charge in [0.15, 0.2) is 0 Å². The predicted octanol–water partition coefficient (Wildman–Crippen LogP) is 0.886. The van der Waals surface area contributed by atoms with Crippen molar-refractivity contribution in [1.29, 1.82) is 0 Å². The predicted molar refractivity (Wildman–Crippen MR) is 87.4 cm³/mol. The maximum atomic E-state index is 12.7. The summed E-state index contributed by atoms with van der Waals surface area (Å²) in [6, 6.07) is 0. The molecule has 130 valence electrons. The van der Waals surface area contributed by atoms with Gasteiger partial charge in [0, 0.05) is 44.7 Å². The molecule has 1 aromatic rings. The first-order valence-electron chi connectivity index (χ1n) is 8.40. The average Bonchev–Trinajstić information content (AvgIpc) is 2.78. The molecule has 2 aliphatic heterocycles. The highest BCUT2D eigenvalue weighted by atomic mass is 16.5. The third kappa shape index (κ3) is 3.56. The van der Waals surface area contributed by atoms with Gasteiger partial charge in [0.25, 0.3) is 5.91 Å². The molecule has 0 aromatic carbocycles. The van der Waals surface area contributed by atoms with Gasteiger partial charge in [-0.2, -0.15) is 0 Å². The van der Waals surface area contributed by atoms with Crippen molar-refractivity contribution < 1.29 is 14.3 Å². The Hall–Kier alpha value is -2.02. The molecule has 0 unspecified atom stereocenters. The van der Waals surface area contributed by atoms with Crippen LogP contribution in [0.25, 0.3) is 0 Å². The van der Waals surface area contributed by atoms with Crippen molar-refractivity contribution in [3.05, 3.63) is 23.8 Å². The van der Waals surface area contributed by atoms with E-state index < -0.39 is 0 Å². The third-order valence-corrected chi connectivity index (χ3v) is 4.83. The summed E-state index contributed by atoms with van der Waals surface area (Å²) in [6.07, 6.45) is 5.00. The number of aromatic nitrogens is 2. The second-order valence-electron chi connectivity index (χ2n) is 6.87. The Morgan fingerprint density at radius 2 is 1.96 bits per heavy atom. The van der Waals surface area contributed by atoms with E-state index in [1.807, 2.05) is 16.7 Å². The number of hydrogen-bond acceptors (Lipinski definition) is 5. The minimum atomic E-state index is -0.186. The Morgan fingerprint density at radius 1 is 1.17 bits per heavy atom. The van der Waals surface area contributed by atoms with Crippen LogP contribution in [0.1, 0.15) is 35.9 Å². The topological polar surface area (TPSA) is 75.6 Å². The Morgan fingerprint density at radius 3 is 2.67 bits per heavy atom. The second-order valence-corrected chi connectivity index (χ2v) is 6.87. The number of nitrogens with zero attached hydrogens (tertiary/aromatic N) is 4. The molecule has 0 saturated carbocycles. The quantitative estimate of drug-likeness (QED) is 0.763. The molecule has 7 heteroatoms. The average molecular weight is 332 g/mol. The van der Waals surface area contributed by atoms with Crippen molar-refractivity contribution in [2.24, 2.45) is 5.41 Å². The number of hydrogen-bond donors (Lipinski definition) is 0. The van der Waals surface area contributed by atoms with Gasteiger partial charge in [-0.25, -0.2) is 4.98 Å². The van der Waals surface area contributed by atoms with Gasteiger partial charge in [-0.3, -0.25) is 14.6 Å². The zero-order valence-corrected chi connectivity index (χ0v) is 14.3. The monoisotopic (exact) mass is 332 g/mol. The van der Waals surface area contributed by atoms with E-state index >= 15 is 0 Å². The second kappa shape index (κ2) is 6.84. The maximum absolute atomic E-state index is 12.7. The van der Waals surface area contributed by atoms with Crippen molar-refractivity contribution >= 4 is 11.8 Å². The van der Waals surface area contributed by atoms with Gasteiger partial charge in [0.1, 0.15) is 5.69 Å². The van der Waals surface area contributed by atoms with Crippen LogP contribution in [0.15, 0.2) is 12.4 Å². The van der Waals surface area contributed by atoms with Gasteiger partial charge in [0.05, 0.1) is 25.1 Å². The fourth-order valence-electron chi connectivity index (χ4n) is 3.55. The molecule has 7 nitrogen and oxygen atoms in total. The number of amides is 2. The van der Waals surface area contributed by atoms with Crippen LogP contribution in [-0.2, 0) is 9.53 Å². The van der Waals surface area contributed by atoms with E-state index in [1.54, 1.807) is 13.1 Å². The summed E-state index contributed by atoms with van der Waals surface area (Å²) in [4.78, 5) is 36.6. The van der Waals surface area contributed by atoms with Crippen molar-refractivity contribution in [3.63, 3.8) is 0 Å². The summed E-state index contributed by atoms with van der Waals surface area (Å²) in [5.74, 6) is -0.0343. The highest BCUT2D eigenvalue weighted by Crippen LogP contribution is 2.33. The smallest absolute Gasteiger partial charge is 0.274 e. The molecule has 0 radical (unpaired) electrons. The summed E-state index contributed by atoms with van der Waals surface area (Å²) in [6.45, 7) is 7.13. The molecule has 2 aliphatic rings. The zero-order valence-electron chi connectivity index (χ0n) is 14.3. The molecule has 0 aliphatic carbocycles. The summed E-state index contributed by atoms with van der Waals surface area (Å²) >= 11 is 0. The van der Waals surface area contributed by atoms with E-state index in [1.165, 1.54) is 6.20 Å². The van der Waals surface area contributed by atoms with Gasteiger partial charge >= 0.3 is 0 Å². The van der Waals surface area contributed by atoms with Crippen LogP contribution in [0.4, 0.5) is 0 Å². The SMILES string of the molecule is CC(=O)N1CCOC[C@@]2(CCCN(C(=O)c3cnc(C)cn3)C2)C1. The molecule has 2 amide bonds. The molecule has 1 aromatic heterocycles. The van der Waals surface area contributed by atoms with Crippen molar-refractivity contribution in [2.45, 2.75) is 26.7 Å². The Kier molecular flexibility index (Phi) is 4.80. The van der Waals surface area contributed by atoms with E-state index in [-0.39, 0.29) is 17.2 Å². The molecule has 2 fully saturated rings. The van der Waals surface area contributed by atoms with Gasteiger partial charge < -0.3 is 14.5 Å². The fraction of sp³-hybridized carbons (Fsp3) is 0.647. The van der Waals surface area contributed by atoms with Crippen molar-refractivity contribution in [3.8, 4) is 0 Å². The fourth-order valence-corrected chi connectivity index (χ4v) is 3.55. The summed E-state index contributed by atoms with van der Waals surface area (Å²) < 4.78 is 5.76. The van der Waals surface area contributed by atoms with Crippen molar-refractivity contribution in [2.75, 3.05) is 39.4 Å². The maximum Gasteiger partial charge on any atom is 0.274 e. The molecule has 1 atom stereocenters. The van der Waals surface area contributed by atoms with E-state index in [4.69, 9.17) is 4.74 Å². The molecule has 0 N–H and O–H groups in total. The number of ether oxygens (including phenoxy) is 1. The first-order chi connectivity index (χ1) is 11.5. The van der Waals surface area contributed by atoms with Crippen LogP contribution >= 0.6 is 0 Å². The highest BCUT2D eigenvalue weighted by Gasteiger charge is 2.41. The van der Waals surface area contributed by atoms with E-state index in [0.29, 0.717) is 45.1 Å². The van der Waals surface area contributed by atoms with Crippen LogP contribution in [0.3, 0.4) is 0 Å². The zero-order chi connectivity index (χ0) is 17.2. The van der Waals surface area contributed by atoms with E-state index in [2.05, 4.69) is 9.97 Å². The minimum Gasteiger partial charge on any atom is -0.379 e.